The fourth-order valence-electron chi connectivity index (χ4n) is 5.42. The van der Waals surface area contributed by atoms with Crippen molar-refractivity contribution in [3.63, 3.8) is 0 Å². The van der Waals surface area contributed by atoms with Gasteiger partial charge in [-0.2, -0.15) is 5.26 Å². The molecule has 2 fully saturated rings. The molecule has 10 heteroatoms. The first-order valence-corrected chi connectivity index (χ1v) is 13.4. The Kier molecular flexibility index (Phi) is 6.66. The molecule has 1 N–H and O–H groups in total. The predicted molar refractivity (Wildman–Crippen MR) is 135 cm³/mol. The van der Waals surface area contributed by atoms with Crippen LogP contribution in [0.2, 0.25) is 0 Å². The lowest BCUT2D eigenvalue weighted by Crippen LogP contribution is -2.47. The third kappa shape index (κ3) is 4.92. The van der Waals surface area contributed by atoms with Crippen molar-refractivity contribution in [2.75, 3.05) is 31.6 Å². The van der Waals surface area contributed by atoms with E-state index in [1.807, 2.05) is 0 Å². The number of ether oxygens (including phenoxy) is 2. The number of fused-ring (bicyclic) bond motifs is 1. The Labute approximate surface area is 215 Å². The minimum absolute atomic E-state index is 0.0170. The average Bonchev–Trinajstić information content (AvgIpc) is 3.57. The van der Waals surface area contributed by atoms with Gasteiger partial charge in [0.15, 0.2) is 5.79 Å². The molecule has 9 nitrogen and oxygen atoms in total. The summed E-state index contributed by atoms with van der Waals surface area (Å²) < 4.78 is 13.1. The molecule has 2 aromatic heterocycles. The van der Waals surface area contributed by atoms with Crippen molar-refractivity contribution in [2.45, 2.75) is 65.2 Å². The zero-order valence-corrected chi connectivity index (χ0v) is 21.9. The number of nitrogens with zero attached hydrogens (tertiary/aromatic N) is 4. The number of nitrogens with one attached hydrogen (secondary N) is 1. The predicted octanol–water partition coefficient (Wildman–Crippen LogP) is 3.59. The summed E-state index contributed by atoms with van der Waals surface area (Å²) in [6.45, 7) is 9.08. The Morgan fingerprint density at radius 3 is 2.67 bits per heavy atom. The van der Waals surface area contributed by atoms with E-state index in [9.17, 15) is 14.9 Å². The number of aromatic nitrogens is 2. The topological polar surface area (TPSA) is 109 Å². The Morgan fingerprint density at radius 1 is 1.28 bits per heavy atom. The van der Waals surface area contributed by atoms with Gasteiger partial charge in [0.1, 0.15) is 23.3 Å². The van der Waals surface area contributed by atoms with E-state index in [2.05, 4.69) is 37.1 Å². The van der Waals surface area contributed by atoms with Gasteiger partial charge in [0.05, 0.1) is 25.1 Å². The van der Waals surface area contributed by atoms with E-state index in [0.29, 0.717) is 61.3 Å². The first-order chi connectivity index (χ1) is 17.2. The Morgan fingerprint density at radius 2 is 2.00 bits per heavy atom. The van der Waals surface area contributed by atoms with Crippen LogP contribution in [0.4, 0.5) is 5.00 Å². The minimum Gasteiger partial charge on any atom is -0.347 e. The molecule has 192 valence electrons. The van der Waals surface area contributed by atoms with E-state index >= 15 is 0 Å². The molecule has 2 aliphatic heterocycles. The van der Waals surface area contributed by atoms with Crippen LogP contribution in [0, 0.1) is 22.7 Å². The van der Waals surface area contributed by atoms with E-state index in [4.69, 9.17) is 9.47 Å². The fraction of sp³-hybridized carbons (Fsp3) is 0.615. The molecule has 5 rings (SSSR count). The van der Waals surface area contributed by atoms with E-state index in [-0.39, 0.29) is 23.8 Å². The quantitative estimate of drug-likeness (QED) is 0.672. The lowest BCUT2D eigenvalue weighted by molar-refractivity contribution is -0.181. The third-order valence-corrected chi connectivity index (χ3v) is 8.83. The van der Waals surface area contributed by atoms with Crippen LogP contribution < -0.4 is 5.32 Å². The molecule has 1 atom stereocenters. The summed E-state index contributed by atoms with van der Waals surface area (Å²) in [5, 5.41) is 13.3. The highest BCUT2D eigenvalue weighted by Gasteiger charge is 2.41. The molecule has 1 aliphatic carbocycles. The highest BCUT2D eigenvalue weighted by atomic mass is 32.1. The molecule has 1 spiro atoms. The zero-order valence-electron chi connectivity index (χ0n) is 21.1. The highest BCUT2D eigenvalue weighted by molar-refractivity contribution is 7.16. The van der Waals surface area contributed by atoms with Crippen LogP contribution in [0.25, 0.3) is 0 Å². The third-order valence-electron chi connectivity index (χ3n) is 7.66. The number of piperidine rings is 1. The number of hydrogen-bond acceptors (Lipinski definition) is 7. The number of amides is 2. The number of rotatable bonds is 4. The highest BCUT2D eigenvalue weighted by Crippen LogP contribution is 2.44. The maximum Gasteiger partial charge on any atom is 0.274 e. The second-order valence-electron chi connectivity index (χ2n) is 11.0. The van der Waals surface area contributed by atoms with Crippen molar-refractivity contribution >= 4 is 28.2 Å². The number of likely N-dealkylation sites (tertiary alicyclic amines) is 1. The van der Waals surface area contributed by atoms with E-state index in [1.165, 1.54) is 22.5 Å². The summed E-state index contributed by atoms with van der Waals surface area (Å²) in [7, 11) is 0. The number of imidazole rings is 1. The monoisotopic (exact) mass is 511 g/mol. The normalized spacial score (nSPS) is 21.3. The van der Waals surface area contributed by atoms with Crippen molar-refractivity contribution < 1.29 is 19.1 Å². The van der Waals surface area contributed by atoms with Gasteiger partial charge in [-0.05, 0) is 36.2 Å². The van der Waals surface area contributed by atoms with Crippen molar-refractivity contribution in [3.8, 4) is 6.07 Å². The standard InChI is InChI=1S/C26H33N5O4S/c1-25(2,3)17-4-5-18-19(13-27)23(36-21(18)12-17)29-22(32)15-30-14-20(28-16-30)24(33)31-8-6-26(7-9-31)34-10-11-35-26/h14,16-17H,4-12,15H2,1-3H3,(H,29,32). The Balaban J connectivity index is 1.20. The van der Waals surface area contributed by atoms with Crippen LogP contribution in [0.3, 0.4) is 0 Å². The van der Waals surface area contributed by atoms with Gasteiger partial charge >= 0.3 is 0 Å². The number of anilines is 1. The Hall–Kier alpha value is -2.74. The molecule has 0 radical (unpaired) electrons. The van der Waals surface area contributed by atoms with Gasteiger partial charge < -0.3 is 24.3 Å². The van der Waals surface area contributed by atoms with Crippen molar-refractivity contribution in [1.82, 2.24) is 14.5 Å². The zero-order chi connectivity index (χ0) is 25.5. The van der Waals surface area contributed by atoms with Gasteiger partial charge in [-0.15, -0.1) is 11.3 Å². The van der Waals surface area contributed by atoms with Crippen molar-refractivity contribution in [2.24, 2.45) is 11.3 Å². The van der Waals surface area contributed by atoms with Gasteiger partial charge in [0, 0.05) is 37.0 Å². The minimum atomic E-state index is -0.537. The van der Waals surface area contributed by atoms with E-state index < -0.39 is 5.79 Å². The molecule has 0 aromatic carbocycles. The van der Waals surface area contributed by atoms with Crippen LogP contribution in [-0.4, -0.2) is 58.4 Å². The van der Waals surface area contributed by atoms with Crippen molar-refractivity contribution in [3.05, 3.63) is 34.2 Å². The largest absolute Gasteiger partial charge is 0.347 e. The fourth-order valence-corrected chi connectivity index (χ4v) is 6.71. The maximum absolute atomic E-state index is 12.9. The number of hydrogen-bond donors (Lipinski definition) is 1. The lowest BCUT2D eigenvalue weighted by atomic mass is 9.72. The second kappa shape index (κ2) is 9.61. The van der Waals surface area contributed by atoms with Gasteiger partial charge in [-0.3, -0.25) is 9.59 Å². The molecule has 4 heterocycles. The average molecular weight is 512 g/mol. The smallest absolute Gasteiger partial charge is 0.274 e. The maximum atomic E-state index is 12.9. The van der Waals surface area contributed by atoms with E-state index in [1.54, 1.807) is 15.7 Å². The molecule has 1 unspecified atom stereocenters. The summed E-state index contributed by atoms with van der Waals surface area (Å²) in [5.41, 5.74) is 2.20. The van der Waals surface area contributed by atoms with E-state index in [0.717, 1.165) is 24.8 Å². The first-order valence-electron chi connectivity index (χ1n) is 12.6. The number of carbonyl (C=O) groups is 2. The van der Waals surface area contributed by atoms with Crippen LogP contribution in [0.15, 0.2) is 12.5 Å². The number of nitriles is 1. The SMILES string of the molecule is CC(C)(C)C1CCc2c(sc(NC(=O)Cn3cnc(C(=O)N4CCC5(CC4)OCCO5)c3)c2C#N)C1. The Bertz CT molecular complexity index is 1190. The second-order valence-corrected chi connectivity index (χ2v) is 12.1. The van der Waals surface area contributed by atoms with Crippen LogP contribution in [-0.2, 0) is 33.7 Å². The summed E-state index contributed by atoms with van der Waals surface area (Å²) in [4.78, 5) is 32.9. The molecule has 2 amide bonds. The van der Waals surface area contributed by atoms with Gasteiger partial charge in [0.25, 0.3) is 5.91 Å². The van der Waals surface area contributed by atoms with Crippen LogP contribution in [0.1, 0.15) is 66.5 Å². The molecule has 2 aromatic rings. The number of carbonyl (C=O) groups excluding carboxylic acids is 2. The molecular formula is C26H33N5O4S. The summed E-state index contributed by atoms with van der Waals surface area (Å²) in [5.74, 6) is -0.382. The molecule has 2 saturated heterocycles. The van der Waals surface area contributed by atoms with Crippen LogP contribution >= 0.6 is 11.3 Å². The van der Waals surface area contributed by atoms with Gasteiger partial charge in [0.2, 0.25) is 5.91 Å². The first kappa shape index (κ1) is 24.9. The number of thiophene rings is 1. The van der Waals surface area contributed by atoms with Gasteiger partial charge in [-0.1, -0.05) is 20.8 Å². The summed E-state index contributed by atoms with van der Waals surface area (Å²) in [6, 6.07) is 2.31. The molecule has 0 saturated carbocycles. The molecule has 3 aliphatic rings. The summed E-state index contributed by atoms with van der Waals surface area (Å²) >= 11 is 1.52. The van der Waals surface area contributed by atoms with Crippen molar-refractivity contribution in [1.29, 1.82) is 5.26 Å². The van der Waals surface area contributed by atoms with Gasteiger partial charge in [-0.25, -0.2) is 4.98 Å². The lowest BCUT2D eigenvalue weighted by Gasteiger charge is -2.37. The van der Waals surface area contributed by atoms with Crippen LogP contribution in [0.5, 0.6) is 0 Å². The molecule has 36 heavy (non-hydrogen) atoms. The molecule has 0 bridgehead atoms. The molecular weight excluding hydrogens is 478 g/mol. The summed E-state index contributed by atoms with van der Waals surface area (Å²) in [6.07, 6.45) is 7.26.